The van der Waals surface area contributed by atoms with Crippen LogP contribution in [-0.2, 0) is 6.18 Å². The van der Waals surface area contributed by atoms with Crippen LogP contribution in [-0.4, -0.2) is 41.3 Å². The summed E-state index contributed by atoms with van der Waals surface area (Å²) in [6.45, 7) is 0.746. The number of nitrogens with zero attached hydrogens (tertiary/aromatic N) is 3. The van der Waals surface area contributed by atoms with Gasteiger partial charge in [0, 0.05) is 18.4 Å². The molecule has 0 atom stereocenters. The van der Waals surface area contributed by atoms with Crippen LogP contribution in [0.2, 0.25) is 0 Å². The molecule has 0 aromatic carbocycles. The summed E-state index contributed by atoms with van der Waals surface area (Å²) in [7, 11) is 3.77. The smallest absolute Gasteiger partial charge is 0.368 e. The average molecular weight is 266 g/mol. The summed E-state index contributed by atoms with van der Waals surface area (Å²) < 4.78 is 37.3. The first kappa shape index (κ1) is 14.0. The lowest BCUT2D eigenvalue weighted by Gasteiger charge is -2.10. The first-order valence-electron chi connectivity index (χ1n) is 4.78. The molecule has 0 saturated carbocycles. The molecular formula is C9H13F3N4S. The number of hydrogen-bond acceptors (Lipinski definition) is 5. The predicted octanol–water partition coefficient (Wildman–Crippen LogP) is 1.73. The zero-order valence-electron chi connectivity index (χ0n) is 9.45. The van der Waals surface area contributed by atoms with Crippen molar-refractivity contribution in [2.45, 2.75) is 11.2 Å². The van der Waals surface area contributed by atoms with Crippen LogP contribution in [0.5, 0.6) is 0 Å². The second-order valence-electron chi connectivity index (χ2n) is 3.60. The van der Waals surface area contributed by atoms with Gasteiger partial charge in [-0.1, -0.05) is 0 Å². The fourth-order valence-corrected chi connectivity index (χ4v) is 2.01. The molecule has 0 aliphatic rings. The van der Waals surface area contributed by atoms with Gasteiger partial charge in [-0.25, -0.2) is 9.97 Å². The lowest BCUT2D eigenvalue weighted by atomic mass is 10.4. The summed E-state index contributed by atoms with van der Waals surface area (Å²) in [6, 6.07) is 0.913. The topological polar surface area (TPSA) is 55.0 Å². The fraction of sp³-hybridized carbons (Fsp3) is 0.556. The minimum Gasteiger partial charge on any atom is -0.368 e. The highest BCUT2D eigenvalue weighted by molar-refractivity contribution is 7.99. The van der Waals surface area contributed by atoms with E-state index in [1.807, 2.05) is 19.0 Å². The maximum absolute atomic E-state index is 12.4. The van der Waals surface area contributed by atoms with E-state index in [9.17, 15) is 13.2 Å². The molecule has 96 valence electrons. The Morgan fingerprint density at radius 2 is 2.00 bits per heavy atom. The monoisotopic (exact) mass is 266 g/mol. The minimum atomic E-state index is -4.49. The number of halogens is 3. The molecular weight excluding hydrogens is 253 g/mol. The second-order valence-corrected chi connectivity index (χ2v) is 4.71. The van der Waals surface area contributed by atoms with Crippen molar-refractivity contribution in [1.82, 2.24) is 14.9 Å². The number of rotatable bonds is 4. The van der Waals surface area contributed by atoms with Crippen molar-refractivity contribution >= 4 is 17.7 Å². The Labute approximate surface area is 101 Å². The molecule has 17 heavy (non-hydrogen) atoms. The number of nitrogens with two attached hydrogens (primary N) is 1. The number of alkyl halides is 3. The normalized spacial score (nSPS) is 12.1. The first-order valence-corrected chi connectivity index (χ1v) is 5.77. The molecule has 0 spiro atoms. The Morgan fingerprint density at radius 1 is 1.35 bits per heavy atom. The van der Waals surface area contributed by atoms with Crippen LogP contribution in [0.1, 0.15) is 5.69 Å². The van der Waals surface area contributed by atoms with Gasteiger partial charge in [-0.15, -0.1) is 11.8 Å². The molecule has 2 N–H and O–H groups in total. The fourth-order valence-electron chi connectivity index (χ4n) is 0.995. The molecule has 0 aliphatic heterocycles. The van der Waals surface area contributed by atoms with E-state index in [-0.39, 0.29) is 11.0 Å². The van der Waals surface area contributed by atoms with E-state index < -0.39 is 11.9 Å². The van der Waals surface area contributed by atoms with Crippen molar-refractivity contribution < 1.29 is 13.2 Å². The van der Waals surface area contributed by atoms with Gasteiger partial charge < -0.3 is 10.6 Å². The zero-order valence-corrected chi connectivity index (χ0v) is 10.3. The quantitative estimate of drug-likeness (QED) is 0.664. The molecule has 4 nitrogen and oxygen atoms in total. The van der Waals surface area contributed by atoms with Crippen LogP contribution in [0.3, 0.4) is 0 Å². The van der Waals surface area contributed by atoms with Gasteiger partial charge in [-0.3, -0.25) is 0 Å². The molecule has 0 amide bonds. The molecule has 1 heterocycles. The van der Waals surface area contributed by atoms with Crippen LogP contribution < -0.4 is 5.73 Å². The second kappa shape index (κ2) is 5.54. The van der Waals surface area contributed by atoms with Gasteiger partial charge >= 0.3 is 6.18 Å². The van der Waals surface area contributed by atoms with Gasteiger partial charge in [0.15, 0.2) is 5.69 Å². The number of hydrogen-bond donors (Lipinski definition) is 1. The first-order chi connectivity index (χ1) is 7.79. The molecule has 0 aliphatic carbocycles. The Kier molecular flexibility index (Phi) is 4.58. The third-order valence-corrected chi connectivity index (χ3v) is 2.69. The predicted molar refractivity (Wildman–Crippen MR) is 60.7 cm³/mol. The van der Waals surface area contributed by atoms with Gasteiger partial charge in [-0.2, -0.15) is 13.2 Å². The van der Waals surface area contributed by atoms with Gasteiger partial charge in [0.25, 0.3) is 0 Å². The van der Waals surface area contributed by atoms with Crippen molar-refractivity contribution in [3.05, 3.63) is 11.8 Å². The summed E-state index contributed by atoms with van der Waals surface area (Å²) in [5.74, 6) is 0.285. The molecule has 0 fully saturated rings. The van der Waals surface area contributed by atoms with Crippen LogP contribution in [0.25, 0.3) is 0 Å². The number of anilines is 1. The van der Waals surface area contributed by atoms with Crippen molar-refractivity contribution in [2.24, 2.45) is 0 Å². The van der Waals surface area contributed by atoms with Crippen LogP contribution >= 0.6 is 11.8 Å². The third kappa shape index (κ3) is 4.78. The molecule has 1 rings (SSSR count). The molecule has 0 bridgehead atoms. The van der Waals surface area contributed by atoms with Gasteiger partial charge in [0.2, 0.25) is 5.95 Å². The van der Waals surface area contributed by atoms with E-state index in [1.54, 1.807) is 0 Å². The summed E-state index contributed by atoms with van der Waals surface area (Å²) in [5.41, 5.74) is 4.24. The largest absolute Gasteiger partial charge is 0.433 e. The molecule has 8 heteroatoms. The highest BCUT2D eigenvalue weighted by Gasteiger charge is 2.33. The summed E-state index contributed by atoms with van der Waals surface area (Å²) in [4.78, 5) is 8.85. The Morgan fingerprint density at radius 3 is 2.53 bits per heavy atom. The molecule has 1 aromatic rings. The SMILES string of the molecule is CN(C)CCSc1cc(C(F)(F)F)nc(N)n1. The summed E-state index contributed by atoms with van der Waals surface area (Å²) in [5, 5.41) is 0.242. The summed E-state index contributed by atoms with van der Waals surface area (Å²) in [6.07, 6.45) is -4.49. The highest BCUT2D eigenvalue weighted by Crippen LogP contribution is 2.30. The Hall–Kier alpha value is -1.02. The van der Waals surface area contributed by atoms with E-state index in [0.29, 0.717) is 5.75 Å². The van der Waals surface area contributed by atoms with E-state index in [1.165, 1.54) is 11.8 Å². The Bertz CT molecular complexity index is 381. The van der Waals surface area contributed by atoms with Crippen molar-refractivity contribution in [2.75, 3.05) is 32.1 Å². The maximum Gasteiger partial charge on any atom is 0.433 e. The highest BCUT2D eigenvalue weighted by atomic mass is 32.2. The molecule has 0 saturated heterocycles. The number of nitrogen functional groups attached to an aromatic ring is 1. The van der Waals surface area contributed by atoms with Crippen molar-refractivity contribution in [1.29, 1.82) is 0 Å². The number of aromatic nitrogens is 2. The minimum absolute atomic E-state index is 0.242. The lowest BCUT2D eigenvalue weighted by molar-refractivity contribution is -0.141. The van der Waals surface area contributed by atoms with Crippen LogP contribution in [0, 0.1) is 0 Å². The summed E-state index contributed by atoms with van der Waals surface area (Å²) >= 11 is 1.22. The van der Waals surface area contributed by atoms with Gasteiger partial charge in [0.05, 0.1) is 0 Å². The zero-order chi connectivity index (χ0) is 13.1. The van der Waals surface area contributed by atoms with Crippen LogP contribution in [0.15, 0.2) is 11.1 Å². The standard InChI is InChI=1S/C9H13F3N4S/c1-16(2)3-4-17-7-5-6(9(10,11)12)14-8(13)15-7/h5H,3-4H2,1-2H3,(H2,13,14,15). The van der Waals surface area contributed by atoms with Crippen molar-refractivity contribution in [3.63, 3.8) is 0 Å². The van der Waals surface area contributed by atoms with Crippen LogP contribution in [0.4, 0.5) is 19.1 Å². The Balaban J connectivity index is 2.76. The van der Waals surface area contributed by atoms with E-state index in [0.717, 1.165) is 12.6 Å². The van der Waals surface area contributed by atoms with E-state index in [4.69, 9.17) is 5.73 Å². The number of thioether (sulfide) groups is 1. The van der Waals surface area contributed by atoms with E-state index >= 15 is 0 Å². The third-order valence-electron chi connectivity index (χ3n) is 1.80. The van der Waals surface area contributed by atoms with E-state index in [2.05, 4.69) is 9.97 Å². The molecule has 0 radical (unpaired) electrons. The van der Waals surface area contributed by atoms with Crippen molar-refractivity contribution in [3.8, 4) is 0 Å². The lowest BCUT2D eigenvalue weighted by Crippen LogP contribution is -2.15. The molecule has 1 aromatic heterocycles. The van der Waals surface area contributed by atoms with Gasteiger partial charge in [0.1, 0.15) is 5.03 Å². The average Bonchev–Trinajstić information content (AvgIpc) is 2.14. The maximum atomic E-state index is 12.4. The van der Waals surface area contributed by atoms with Gasteiger partial charge in [-0.05, 0) is 14.1 Å². The molecule has 0 unspecified atom stereocenters.